The second kappa shape index (κ2) is 9.63. The van der Waals surface area contributed by atoms with E-state index in [2.05, 4.69) is 41.1 Å². The molecule has 0 N–H and O–H groups in total. The topological polar surface area (TPSA) is 53.5 Å². The molecule has 1 atom stereocenters. The third-order valence-corrected chi connectivity index (χ3v) is 7.23. The average Bonchev–Trinajstić information content (AvgIpc) is 2.97. The first-order valence-electron chi connectivity index (χ1n) is 11.6. The van der Waals surface area contributed by atoms with E-state index in [9.17, 15) is 9.59 Å². The second-order valence-corrected chi connectivity index (χ2v) is 9.18. The number of likely N-dealkylation sites (tertiary alicyclic amines) is 2. The van der Waals surface area contributed by atoms with Gasteiger partial charge in [0.25, 0.3) is 5.91 Å². The van der Waals surface area contributed by atoms with Crippen LogP contribution in [0.2, 0.25) is 0 Å². The lowest BCUT2D eigenvalue weighted by Crippen LogP contribution is -2.49. The fourth-order valence-electron chi connectivity index (χ4n) is 5.24. The van der Waals surface area contributed by atoms with Crippen molar-refractivity contribution in [1.29, 1.82) is 0 Å². The fourth-order valence-corrected chi connectivity index (χ4v) is 5.24. The molecule has 31 heavy (non-hydrogen) atoms. The Morgan fingerprint density at radius 3 is 2.48 bits per heavy atom. The Morgan fingerprint density at radius 1 is 1.03 bits per heavy atom. The van der Waals surface area contributed by atoms with Crippen LogP contribution in [0.4, 0.5) is 0 Å². The highest BCUT2D eigenvalue weighted by molar-refractivity contribution is 5.92. The summed E-state index contributed by atoms with van der Waals surface area (Å²) in [5, 5.41) is 0. The fraction of sp³-hybridized carbons (Fsp3) is 0.500. The molecule has 1 aromatic heterocycles. The van der Waals surface area contributed by atoms with Gasteiger partial charge in [0.15, 0.2) is 0 Å². The van der Waals surface area contributed by atoms with Gasteiger partial charge in [0.05, 0.1) is 0 Å². The van der Waals surface area contributed by atoms with E-state index >= 15 is 0 Å². The van der Waals surface area contributed by atoms with Gasteiger partial charge in [-0.3, -0.25) is 14.6 Å². The number of carbonyl (C=O) groups excluding carboxylic acids is 2. The van der Waals surface area contributed by atoms with Gasteiger partial charge in [-0.15, -0.1) is 0 Å². The molecule has 0 aliphatic carbocycles. The molecule has 4 rings (SSSR count). The maximum absolute atomic E-state index is 13.7. The summed E-state index contributed by atoms with van der Waals surface area (Å²) in [6, 6.07) is 15.9. The number of piperidine rings is 1. The van der Waals surface area contributed by atoms with Crippen LogP contribution < -0.4 is 0 Å². The number of hydrogen-bond acceptors (Lipinski definition) is 3. The van der Waals surface area contributed by atoms with Crippen LogP contribution in [0.1, 0.15) is 55.1 Å². The molecule has 2 fully saturated rings. The van der Waals surface area contributed by atoms with Gasteiger partial charge in [0.1, 0.15) is 5.69 Å². The summed E-state index contributed by atoms with van der Waals surface area (Å²) in [4.78, 5) is 34.6. The zero-order valence-corrected chi connectivity index (χ0v) is 18.5. The van der Waals surface area contributed by atoms with E-state index in [-0.39, 0.29) is 11.3 Å². The van der Waals surface area contributed by atoms with Gasteiger partial charge < -0.3 is 9.80 Å². The third-order valence-electron chi connectivity index (χ3n) is 7.23. The van der Waals surface area contributed by atoms with Crippen molar-refractivity contribution in [2.24, 2.45) is 11.3 Å². The molecule has 0 bridgehead atoms. The smallest absolute Gasteiger partial charge is 0.272 e. The standard InChI is InChI=1S/C26H33N3O2/c1-26(22-13-19-28(20-14-22)24(30)23-11-5-7-16-27-23)15-6-8-17-29(25(26)31)18-12-21-9-3-2-4-10-21/h2-5,7,9-11,16,22H,6,8,12-15,17-20H2,1H3. The van der Waals surface area contributed by atoms with Crippen LogP contribution in [0.5, 0.6) is 0 Å². The van der Waals surface area contributed by atoms with Gasteiger partial charge in [-0.25, -0.2) is 0 Å². The van der Waals surface area contributed by atoms with Crippen molar-refractivity contribution in [3.8, 4) is 0 Å². The Labute approximate surface area is 185 Å². The lowest BCUT2D eigenvalue weighted by Gasteiger charge is -2.43. The summed E-state index contributed by atoms with van der Waals surface area (Å²) >= 11 is 0. The number of nitrogens with zero attached hydrogens (tertiary/aromatic N) is 3. The molecule has 2 aliphatic heterocycles. The van der Waals surface area contributed by atoms with E-state index in [1.165, 1.54) is 5.56 Å². The van der Waals surface area contributed by atoms with Crippen molar-refractivity contribution in [2.45, 2.75) is 45.4 Å². The van der Waals surface area contributed by atoms with E-state index in [1.807, 2.05) is 23.1 Å². The first-order valence-corrected chi connectivity index (χ1v) is 11.6. The Bertz CT molecular complexity index is 878. The Morgan fingerprint density at radius 2 is 1.77 bits per heavy atom. The Balaban J connectivity index is 1.39. The molecule has 0 saturated carbocycles. The summed E-state index contributed by atoms with van der Waals surface area (Å²) in [5.74, 6) is 0.640. The van der Waals surface area contributed by atoms with Gasteiger partial charge in [0.2, 0.25) is 5.91 Å². The summed E-state index contributed by atoms with van der Waals surface area (Å²) in [5.41, 5.74) is 1.46. The molecule has 2 amide bonds. The maximum Gasteiger partial charge on any atom is 0.272 e. The molecular weight excluding hydrogens is 386 g/mol. The molecule has 2 aromatic rings. The van der Waals surface area contributed by atoms with Crippen molar-refractivity contribution in [3.05, 3.63) is 66.0 Å². The average molecular weight is 420 g/mol. The normalized spacial score (nSPS) is 22.9. The molecule has 2 aliphatic rings. The van der Waals surface area contributed by atoms with Crippen LogP contribution in [-0.2, 0) is 11.2 Å². The molecule has 3 heterocycles. The van der Waals surface area contributed by atoms with E-state index in [4.69, 9.17) is 0 Å². The van der Waals surface area contributed by atoms with Crippen LogP contribution in [0.15, 0.2) is 54.7 Å². The third kappa shape index (κ3) is 4.81. The zero-order valence-electron chi connectivity index (χ0n) is 18.5. The van der Waals surface area contributed by atoms with Gasteiger partial charge >= 0.3 is 0 Å². The van der Waals surface area contributed by atoms with Crippen molar-refractivity contribution in [2.75, 3.05) is 26.2 Å². The van der Waals surface area contributed by atoms with E-state index in [0.717, 1.165) is 51.6 Å². The minimum absolute atomic E-state index is 0.000818. The summed E-state index contributed by atoms with van der Waals surface area (Å²) in [7, 11) is 0. The maximum atomic E-state index is 13.7. The van der Waals surface area contributed by atoms with Crippen LogP contribution in [0.25, 0.3) is 0 Å². The van der Waals surface area contributed by atoms with Gasteiger partial charge in [0, 0.05) is 37.8 Å². The summed E-state index contributed by atoms with van der Waals surface area (Å²) in [6.45, 7) is 5.23. The van der Waals surface area contributed by atoms with E-state index in [0.29, 0.717) is 30.6 Å². The predicted octanol–water partition coefficient (Wildman–Crippen LogP) is 4.20. The number of hydrogen-bond donors (Lipinski definition) is 0. The van der Waals surface area contributed by atoms with Crippen molar-refractivity contribution in [3.63, 3.8) is 0 Å². The van der Waals surface area contributed by atoms with Gasteiger partial charge in [-0.2, -0.15) is 0 Å². The first-order chi connectivity index (χ1) is 15.1. The van der Waals surface area contributed by atoms with Crippen molar-refractivity contribution in [1.82, 2.24) is 14.8 Å². The monoisotopic (exact) mass is 419 g/mol. The molecule has 0 spiro atoms. The SMILES string of the molecule is CC1(C2CCN(C(=O)c3ccccn3)CC2)CCCCN(CCc2ccccc2)C1=O. The zero-order chi connectivity index (χ0) is 21.7. The van der Waals surface area contributed by atoms with E-state index < -0.39 is 0 Å². The lowest BCUT2D eigenvalue weighted by molar-refractivity contribution is -0.144. The quantitative estimate of drug-likeness (QED) is 0.730. The highest BCUT2D eigenvalue weighted by Gasteiger charge is 2.45. The van der Waals surface area contributed by atoms with Gasteiger partial charge in [-0.05, 0) is 55.7 Å². The Hall–Kier alpha value is -2.69. The minimum atomic E-state index is -0.326. The van der Waals surface area contributed by atoms with Crippen molar-refractivity contribution < 1.29 is 9.59 Å². The summed E-state index contributed by atoms with van der Waals surface area (Å²) < 4.78 is 0. The lowest BCUT2D eigenvalue weighted by atomic mass is 9.69. The molecule has 1 aromatic carbocycles. The molecule has 5 heteroatoms. The second-order valence-electron chi connectivity index (χ2n) is 9.18. The minimum Gasteiger partial charge on any atom is -0.342 e. The number of amides is 2. The van der Waals surface area contributed by atoms with Crippen LogP contribution in [0, 0.1) is 11.3 Å². The number of rotatable bonds is 5. The highest BCUT2D eigenvalue weighted by atomic mass is 16.2. The molecule has 2 saturated heterocycles. The number of pyridine rings is 1. The van der Waals surface area contributed by atoms with E-state index in [1.54, 1.807) is 12.3 Å². The summed E-state index contributed by atoms with van der Waals surface area (Å²) in [6.07, 6.45) is 7.45. The molecule has 5 nitrogen and oxygen atoms in total. The number of aromatic nitrogens is 1. The first kappa shape index (κ1) is 21.5. The molecule has 0 radical (unpaired) electrons. The van der Waals surface area contributed by atoms with Gasteiger partial charge in [-0.1, -0.05) is 49.7 Å². The van der Waals surface area contributed by atoms with Crippen LogP contribution >= 0.6 is 0 Å². The number of benzene rings is 1. The molecule has 164 valence electrons. The highest BCUT2D eigenvalue weighted by Crippen LogP contribution is 2.42. The molecular formula is C26H33N3O2. The molecule has 1 unspecified atom stereocenters. The number of carbonyl (C=O) groups is 2. The van der Waals surface area contributed by atoms with Crippen LogP contribution in [0.3, 0.4) is 0 Å². The van der Waals surface area contributed by atoms with Crippen molar-refractivity contribution >= 4 is 11.8 Å². The van der Waals surface area contributed by atoms with Crippen LogP contribution in [-0.4, -0.2) is 52.8 Å². The predicted molar refractivity (Wildman–Crippen MR) is 122 cm³/mol. The largest absolute Gasteiger partial charge is 0.342 e. The Kier molecular flexibility index (Phi) is 6.69.